The van der Waals surface area contributed by atoms with Crippen molar-refractivity contribution < 1.29 is 13.9 Å². The van der Waals surface area contributed by atoms with Crippen LogP contribution in [0.5, 0.6) is 5.75 Å². The topological polar surface area (TPSA) is 64.4 Å². The van der Waals surface area contributed by atoms with Crippen LogP contribution in [0.2, 0.25) is 0 Å². The van der Waals surface area contributed by atoms with Crippen LogP contribution in [0.4, 0.5) is 10.1 Å². The lowest BCUT2D eigenvalue weighted by molar-refractivity contribution is -0.119. The molecule has 100 valence electrons. The highest BCUT2D eigenvalue weighted by Gasteiger charge is 2.16. The van der Waals surface area contributed by atoms with Gasteiger partial charge >= 0.3 is 0 Å². The minimum atomic E-state index is -0.459. The Hall–Kier alpha value is -1.62. The molecule has 1 amide bonds. The van der Waals surface area contributed by atoms with E-state index in [-0.39, 0.29) is 17.6 Å². The van der Waals surface area contributed by atoms with Crippen LogP contribution in [-0.2, 0) is 4.79 Å². The van der Waals surface area contributed by atoms with Crippen molar-refractivity contribution in [3.05, 3.63) is 24.0 Å². The smallest absolute Gasteiger partial charge is 0.228 e. The molecular formula is C13H19FN2O2. The second-order valence-electron chi connectivity index (χ2n) is 4.06. The highest BCUT2D eigenvalue weighted by Crippen LogP contribution is 2.22. The largest absolute Gasteiger partial charge is 0.494 e. The maximum atomic E-state index is 13.2. The van der Waals surface area contributed by atoms with Crippen molar-refractivity contribution in [2.45, 2.75) is 19.8 Å². The van der Waals surface area contributed by atoms with E-state index in [1.807, 2.05) is 6.92 Å². The van der Waals surface area contributed by atoms with Crippen molar-refractivity contribution in [3.63, 3.8) is 0 Å². The molecule has 1 aromatic rings. The summed E-state index contributed by atoms with van der Waals surface area (Å²) in [6.45, 7) is 2.30. The van der Waals surface area contributed by atoms with Gasteiger partial charge in [0.25, 0.3) is 0 Å². The fourth-order valence-corrected chi connectivity index (χ4v) is 1.69. The maximum Gasteiger partial charge on any atom is 0.228 e. The quantitative estimate of drug-likeness (QED) is 0.817. The molecule has 0 radical (unpaired) electrons. The van der Waals surface area contributed by atoms with Gasteiger partial charge in [-0.15, -0.1) is 0 Å². The number of anilines is 1. The minimum Gasteiger partial charge on any atom is -0.494 e. The Morgan fingerprint density at radius 1 is 1.56 bits per heavy atom. The van der Waals surface area contributed by atoms with E-state index in [4.69, 9.17) is 10.5 Å². The van der Waals surface area contributed by atoms with E-state index in [0.29, 0.717) is 12.2 Å². The number of carbonyl (C=O) groups is 1. The van der Waals surface area contributed by atoms with Crippen LogP contribution in [0.1, 0.15) is 19.8 Å². The van der Waals surface area contributed by atoms with Crippen LogP contribution in [0.15, 0.2) is 18.2 Å². The second kappa shape index (κ2) is 6.96. The Morgan fingerprint density at radius 2 is 2.28 bits per heavy atom. The van der Waals surface area contributed by atoms with Gasteiger partial charge in [-0.05, 0) is 18.6 Å². The first-order valence-electron chi connectivity index (χ1n) is 5.96. The van der Waals surface area contributed by atoms with Crippen molar-refractivity contribution >= 4 is 11.6 Å². The molecule has 1 unspecified atom stereocenters. The van der Waals surface area contributed by atoms with Crippen LogP contribution >= 0.6 is 0 Å². The van der Waals surface area contributed by atoms with E-state index in [1.165, 1.54) is 25.3 Å². The standard InChI is InChI=1S/C13H19FN2O2/c1-3-4-9(8-15)13(17)16-10-5-6-11(14)12(7-10)18-2/h5-7,9H,3-4,8,15H2,1-2H3,(H,16,17). The molecule has 0 saturated carbocycles. The summed E-state index contributed by atoms with van der Waals surface area (Å²) >= 11 is 0. The minimum absolute atomic E-state index is 0.104. The number of rotatable bonds is 6. The van der Waals surface area contributed by atoms with Gasteiger partial charge in [-0.25, -0.2) is 4.39 Å². The van der Waals surface area contributed by atoms with Crippen LogP contribution in [0, 0.1) is 11.7 Å². The van der Waals surface area contributed by atoms with Crippen molar-refractivity contribution in [1.29, 1.82) is 0 Å². The molecule has 1 atom stereocenters. The average molecular weight is 254 g/mol. The number of benzene rings is 1. The molecule has 0 spiro atoms. The van der Waals surface area contributed by atoms with Crippen molar-refractivity contribution in [3.8, 4) is 5.75 Å². The predicted octanol–water partition coefficient (Wildman–Crippen LogP) is 2.15. The normalized spacial score (nSPS) is 12.0. The first kappa shape index (κ1) is 14.4. The van der Waals surface area contributed by atoms with Gasteiger partial charge in [-0.1, -0.05) is 13.3 Å². The monoisotopic (exact) mass is 254 g/mol. The third-order valence-corrected chi connectivity index (χ3v) is 2.71. The van der Waals surface area contributed by atoms with Gasteiger partial charge in [0.05, 0.1) is 13.0 Å². The molecule has 5 heteroatoms. The summed E-state index contributed by atoms with van der Waals surface area (Å²) in [5, 5.41) is 2.71. The van der Waals surface area contributed by atoms with Gasteiger partial charge < -0.3 is 15.8 Å². The summed E-state index contributed by atoms with van der Waals surface area (Å²) in [5.74, 6) is -0.717. The van der Waals surface area contributed by atoms with Gasteiger partial charge in [0, 0.05) is 18.3 Å². The lowest BCUT2D eigenvalue weighted by Crippen LogP contribution is -2.29. The molecule has 4 nitrogen and oxygen atoms in total. The summed E-state index contributed by atoms with van der Waals surface area (Å²) < 4.78 is 18.0. The van der Waals surface area contributed by atoms with E-state index >= 15 is 0 Å². The molecule has 0 fully saturated rings. The van der Waals surface area contributed by atoms with Gasteiger partial charge in [0.1, 0.15) is 0 Å². The third-order valence-electron chi connectivity index (χ3n) is 2.71. The molecule has 0 bridgehead atoms. The summed E-state index contributed by atoms with van der Waals surface area (Å²) in [5.41, 5.74) is 6.06. The molecule has 0 aromatic heterocycles. The number of carbonyl (C=O) groups excluding carboxylic acids is 1. The Morgan fingerprint density at radius 3 is 2.83 bits per heavy atom. The number of halogens is 1. The highest BCUT2D eigenvalue weighted by atomic mass is 19.1. The summed E-state index contributed by atoms with van der Waals surface area (Å²) in [6.07, 6.45) is 1.63. The van der Waals surface area contributed by atoms with Crippen molar-refractivity contribution in [2.75, 3.05) is 19.0 Å². The number of nitrogens with one attached hydrogen (secondary N) is 1. The molecule has 3 N–H and O–H groups in total. The lowest BCUT2D eigenvalue weighted by Gasteiger charge is -2.14. The Kier molecular flexibility index (Phi) is 5.58. The van der Waals surface area contributed by atoms with Gasteiger partial charge in [0.2, 0.25) is 5.91 Å². The number of hydrogen-bond acceptors (Lipinski definition) is 3. The second-order valence-corrected chi connectivity index (χ2v) is 4.06. The highest BCUT2D eigenvalue weighted by molar-refractivity contribution is 5.92. The number of nitrogens with two attached hydrogens (primary N) is 1. The summed E-state index contributed by atoms with van der Waals surface area (Å²) in [7, 11) is 1.38. The van der Waals surface area contributed by atoms with Gasteiger partial charge in [-0.3, -0.25) is 4.79 Å². The molecule has 0 aliphatic carbocycles. The first-order chi connectivity index (χ1) is 8.62. The molecular weight excluding hydrogens is 235 g/mol. The first-order valence-corrected chi connectivity index (χ1v) is 5.96. The van der Waals surface area contributed by atoms with E-state index in [0.717, 1.165) is 12.8 Å². The van der Waals surface area contributed by atoms with Gasteiger partial charge in [0.15, 0.2) is 11.6 Å². The molecule has 0 aliphatic heterocycles. The Bertz CT molecular complexity index is 410. The summed E-state index contributed by atoms with van der Waals surface area (Å²) in [4.78, 5) is 11.9. The van der Waals surface area contributed by atoms with E-state index in [1.54, 1.807) is 0 Å². The molecule has 18 heavy (non-hydrogen) atoms. The predicted molar refractivity (Wildman–Crippen MR) is 69.0 cm³/mol. The lowest BCUT2D eigenvalue weighted by atomic mass is 10.0. The molecule has 1 rings (SSSR count). The number of methoxy groups -OCH3 is 1. The third kappa shape index (κ3) is 3.70. The van der Waals surface area contributed by atoms with E-state index < -0.39 is 5.82 Å². The fourth-order valence-electron chi connectivity index (χ4n) is 1.69. The maximum absolute atomic E-state index is 13.2. The van der Waals surface area contributed by atoms with Crippen LogP contribution in [0.3, 0.4) is 0 Å². The Labute approximate surface area is 106 Å². The SMILES string of the molecule is CCCC(CN)C(=O)Nc1ccc(F)c(OC)c1. The van der Waals surface area contributed by atoms with E-state index in [2.05, 4.69) is 5.32 Å². The van der Waals surface area contributed by atoms with Crippen LogP contribution in [0.25, 0.3) is 0 Å². The average Bonchev–Trinajstić information content (AvgIpc) is 2.38. The molecule has 0 aliphatic rings. The Balaban J connectivity index is 2.74. The van der Waals surface area contributed by atoms with Crippen molar-refractivity contribution in [1.82, 2.24) is 0 Å². The molecule has 0 heterocycles. The zero-order valence-corrected chi connectivity index (χ0v) is 10.7. The van der Waals surface area contributed by atoms with Gasteiger partial charge in [-0.2, -0.15) is 0 Å². The fraction of sp³-hybridized carbons (Fsp3) is 0.462. The van der Waals surface area contributed by atoms with Crippen LogP contribution < -0.4 is 15.8 Å². The summed E-state index contributed by atoms with van der Waals surface area (Å²) in [6, 6.07) is 4.20. The number of amides is 1. The number of ether oxygens (including phenoxy) is 1. The van der Waals surface area contributed by atoms with Crippen LogP contribution in [-0.4, -0.2) is 19.6 Å². The zero-order chi connectivity index (χ0) is 13.5. The van der Waals surface area contributed by atoms with Crippen molar-refractivity contribution in [2.24, 2.45) is 11.7 Å². The van der Waals surface area contributed by atoms with E-state index in [9.17, 15) is 9.18 Å². The zero-order valence-electron chi connectivity index (χ0n) is 10.7. The molecule has 1 aromatic carbocycles. The molecule has 0 saturated heterocycles. The number of hydrogen-bond donors (Lipinski definition) is 2.